The van der Waals surface area contributed by atoms with Crippen molar-refractivity contribution in [2.24, 2.45) is 20.9 Å². The highest BCUT2D eigenvalue weighted by Gasteiger charge is 2.33. The van der Waals surface area contributed by atoms with E-state index >= 15 is 0 Å². The van der Waals surface area contributed by atoms with Crippen molar-refractivity contribution in [1.82, 2.24) is 35.4 Å². The molecule has 8 heterocycles. The number of carbonyl (C=O) groups is 1. The maximum Gasteiger partial charge on any atom is 0.491 e. The van der Waals surface area contributed by atoms with Gasteiger partial charge in [-0.05, 0) is 117 Å². The molecule has 5 aliphatic heterocycles. The molecule has 0 radical (unpaired) electrons. The van der Waals surface area contributed by atoms with E-state index in [0.29, 0.717) is 44.3 Å². The van der Waals surface area contributed by atoms with Gasteiger partial charge in [0, 0.05) is 92.2 Å². The topological polar surface area (TPSA) is 231 Å². The second-order valence-corrected chi connectivity index (χ2v) is 34.7. The smallest absolute Gasteiger partial charge is 0.491 e. The number of aliphatic imine (C=N–C) groups is 1. The van der Waals surface area contributed by atoms with Crippen LogP contribution >= 0.6 is 0 Å². The number of allylic oxidation sites excluding steroid dienone is 3. The lowest BCUT2D eigenvalue weighted by atomic mass is 9.68. The number of aliphatic hydroxyl groups is 1. The molecule has 6 aromatic rings. The molecule has 0 amide bonds. The van der Waals surface area contributed by atoms with Crippen LogP contribution < -0.4 is 15.6 Å². The van der Waals surface area contributed by atoms with Crippen molar-refractivity contribution in [1.29, 1.82) is 0 Å². The van der Waals surface area contributed by atoms with E-state index in [0.717, 1.165) is 58.8 Å². The number of carbonyl (C=O) groups excluding carboxylic acids is 1. The first-order valence-electron chi connectivity index (χ1n) is 34.5. The lowest BCUT2D eigenvalue weighted by Gasteiger charge is -2.19. The van der Waals surface area contributed by atoms with Crippen molar-refractivity contribution in [3.8, 4) is 5.75 Å². The van der Waals surface area contributed by atoms with E-state index in [9.17, 15) is 19.9 Å². The number of tetrazole rings is 1. The molecule has 21 heteroatoms. The SMILES string of the molecule is C.CB1Cc2ccc(C(C)(C)C)cc2O1.CC(C)(C)C1=C(O)CCC1=O.CC(C)(C)C1=NC=CC1.CC(C)(C)[N+]1=NC=CC1.CC(C)(C)c1ccc2c(c1)B(O)OC2.CC(C)(C)c1ccc2c(c1)COB2O.CC(C)(C)c1ncco1.CC(C)(C)c1nn[nH]n1.CC(C)(C)n1cccn1. The number of rotatable bonds is 0. The fourth-order valence-corrected chi connectivity index (χ4v) is 10.1. The highest BCUT2D eigenvalue weighted by molar-refractivity contribution is 6.62. The van der Waals surface area contributed by atoms with Crippen molar-refractivity contribution in [2.45, 2.75) is 278 Å². The van der Waals surface area contributed by atoms with Gasteiger partial charge < -0.3 is 33.5 Å². The van der Waals surface area contributed by atoms with Crippen LogP contribution in [0.2, 0.25) is 6.82 Å². The Kier molecular flexibility index (Phi) is 30.9. The predicted molar refractivity (Wildman–Crippen MR) is 409 cm³/mol. The van der Waals surface area contributed by atoms with Crippen molar-refractivity contribution < 1.29 is 43.0 Å². The molecule has 0 spiro atoms. The van der Waals surface area contributed by atoms with Crippen LogP contribution in [-0.2, 0) is 66.3 Å². The van der Waals surface area contributed by atoms with Gasteiger partial charge in [-0.25, -0.2) is 4.98 Å². The molecule has 12 rings (SSSR count). The Morgan fingerprint density at radius 2 is 1.17 bits per heavy atom. The zero-order chi connectivity index (χ0) is 74.2. The van der Waals surface area contributed by atoms with Crippen LogP contribution in [0.5, 0.6) is 5.75 Å². The fraction of sp³-hybridized carbons (Fsp3) is 0.577. The van der Waals surface area contributed by atoms with Gasteiger partial charge in [0.1, 0.15) is 12.0 Å². The number of ketones is 1. The summed E-state index contributed by atoms with van der Waals surface area (Å²) in [4.78, 5) is 19.5. The zero-order valence-corrected chi connectivity index (χ0v) is 65.0. The molecule has 0 fully saturated rings. The van der Waals surface area contributed by atoms with Crippen molar-refractivity contribution in [3.63, 3.8) is 0 Å². The summed E-state index contributed by atoms with van der Waals surface area (Å²) in [5, 5.41) is 50.2. The first-order valence-corrected chi connectivity index (χ1v) is 34.5. The number of oxazole rings is 1. The Labute approximate surface area is 596 Å². The second-order valence-electron chi connectivity index (χ2n) is 34.7. The third kappa shape index (κ3) is 28.1. The average molecular weight is 1360 g/mol. The monoisotopic (exact) mass is 1360 g/mol. The maximum absolute atomic E-state index is 11.2. The number of nitrogens with one attached hydrogen (secondary N) is 1. The van der Waals surface area contributed by atoms with Gasteiger partial charge in [0.15, 0.2) is 29.6 Å². The Hall–Kier alpha value is -7.06. The lowest BCUT2D eigenvalue weighted by Crippen LogP contribution is -2.30. The summed E-state index contributed by atoms with van der Waals surface area (Å²) in [6, 6.07) is 20.9. The van der Waals surface area contributed by atoms with Gasteiger partial charge in [0.2, 0.25) is 0 Å². The standard InChI is InChI=1S/C12H17BO.2C11H15BO2.C9H14O2.C8H13N.C7H13N2.C7H12N2.C7H11NO.C5H10N4.CH4/c1-12(2,3)10-6-5-9-8-13(4)14-11(9)7-10;1-11(2,3)9-4-5-10-8(6-9)7-14-12(10)13;1-11(2,3)9-5-4-8-7-14-12(13)10(8)6-9;1-9(2,3)8-6(10)4-5-7(8)11;1-8(2,3)7-5-4-6-9-7;2*1-7(2,3)9-6-4-5-8-9;1-7(2,3)6-8-4-5-9-6;1-5(2,3)4-6-8-9-7-4;/h5-7H,8H2,1-4H3;2*4-6,13H,7H2,1-3H3;10H,4-5H2,1-3H3;4,6H,5H2,1-3H3;4-5H,6H2,1-3H3;4-6H,1-3H3;4-5H,1-3H3;1-3H3,(H,6,7,8,9);1H4/q;;;;;+1;;;;. The molecular formula is C78H124B3N10O8+. The molecule has 0 unspecified atom stereocenters. The molecule has 542 valence electrons. The third-order valence-electron chi connectivity index (χ3n) is 16.2. The van der Waals surface area contributed by atoms with Crippen LogP contribution in [0.3, 0.4) is 0 Å². The fourth-order valence-electron chi connectivity index (χ4n) is 10.1. The molecule has 1 aliphatic carbocycles. The zero-order valence-electron chi connectivity index (χ0n) is 65.0. The van der Waals surface area contributed by atoms with Gasteiger partial charge in [-0.15, -0.1) is 14.9 Å². The molecule has 0 saturated carbocycles. The summed E-state index contributed by atoms with van der Waals surface area (Å²) in [5.41, 5.74) is 12.1. The van der Waals surface area contributed by atoms with Crippen molar-refractivity contribution in [3.05, 3.63) is 166 Å². The largest absolute Gasteiger partial charge is 0.561 e. The summed E-state index contributed by atoms with van der Waals surface area (Å²) in [7, 11) is -1.45. The van der Waals surface area contributed by atoms with Crippen LogP contribution in [0.1, 0.15) is 259 Å². The van der Waals surface area contributed by atoms with E-state index < -0.39 is 14.2 Å². The summed E-state index contributed by atoms with van der Waals surface area (Å²) < 4.78 is 25.1. The van der Waals surface area contributed by atoms with Gasteiger partial charge in [0.05, 0.1) is 36.9 Å². The number of Topliss-reactive ketones (excluding diaryl/α,β-unsaturated/α-hetero) is 1. The number of aliphatic hydroxyl groups excluding tert-OH is 1. The third-order valence-corrected chi connectivity index (χ3v) is 16.2. The molecule has 0 atom stereocenters. The Morgan fingerprint density at radius 3 is 1.55 bits per heavy atom. The van der Waals surface area contributed by atoms with Crippen LogP contribution in [0.25, 0.3) is 0 Å². The number of aromatic nitrogens is 7. The first kappa shape index (κ1) is 86.2. The average Bonchev–Trinajstić information content (AvgIpc) is 1.74. The molecule has 6 aliphatic rings. The maximum atomic E-state index is 11.2. The molecule has 99 heavy (non-hydrogen) atoms. The Balaban J connectivity index is 0.000000291. The van der Waals surface area contributed by atoms with E-state index in [1.54, 1.807) is 18.7 Å². The number of H-pyrrole nitrogens is 1. The molecule has 3 aromatic carbocycles. The predicted octanol–water partition coefficient (Wildman–Crippen LogP) is 16.6. The summed E-state index contributed by atoms with van der Waals surface area (Å²) in [6.45, 7) is 61.8. The Bertz CT molecular complexity index is 3480. The van der Waals surface area contributed by atoms with Gasteiger partial charge in [-0.3, -0.25) is 14.5 Å². The molecule has 0 bridgehead atoms. The Morgan fingerprint density at radius 1 is 0.606 bits per heavy atom. The van der Waals surface area contributed by atoms with E-state index in [4.69, 9.17) is 18.4 Å². The normalized spacial score (nSPS) is 15.4. The van der Waals surface area contributed by atoms with Crippen LogP contribution in [-0.4, -0.2) is 100.0 Å². The van der Waals surface area contributed by atoms with Crippen LogP contribution in [0.4, 0.5) is 0 Å². The number of benzene rings is 3. The highest BCUT2D eigenvalue weighted by atomic mass is 16.5. The minimum absolute atomic E-state index is 0. The number of hydrogen-bond acceptors (Lipinski definition) is 15. The molecule has 18 nitrogen and oxygen atoms in total. The van der Waals surface area contributed by atoms with E-state index in [2.05, 4.69) is 246 Å². The van der Waals surface area contributed by atoms with Gasteiger partial charge in [0.25, 0.3) is 0 Å². The van der Waals surface area contributed by atoms with E-state index in [-0.39, 0.29) is 62.2 Å². The van der Waals surface area contributed by atoms with E-state index in [1.165, 1.54) is 28.0 Å². The van der Waals surface area contributed by atoms with E-state index in [1.807, 2.05) is 89.1 Å². The quantitative estimate of drug-likeness (QED) is 0.0820. The molecule has 4 N–H and O–H groups in total. The second kappa shape index (κ2) is 35.5. The minimum atomic E-state index is -0.729. The van der Waals surface area contributed by atoms with Gasteiger partial charge in [-0.2, -0.15) is 10.3 Å². The van der Waals surface area contributed by atoms with Crippen molar-refractivity contribution >= 4 is 43.6 Å². The van der Waals surface area contributed by atoms with Crippen LogP contribution in [0, 0.1) is 10.8 Å². The number of aromatic amines is 1. The van der Waals surface area contributed by atoms with Crippen molar-refractivity contribution in [2.75, 3.05) is 6.54 Å². The molecule has 3 aromatic heterocycles. The highest BCUT2D eigenvalue weighted by Crippen LogP contribution is 2.36. The number of fused-ring (bicyclic) bond motifs is 3. The molecule has 0 saturated heterocycles. The minimum Gasteiger partial charge on any atom is -0.561 e. The van der Waals surface area contributed by atoms with Crippen LogP contribution in [0.15, 0.2) is 136 Å². The first-order chi connectivity index (χ1) is 44.9. The molecular weight excluding hydrogens is 1240 g/mol. The summed E-state index contributed by atoms with van der Waals surface area (Å²) in [6.07, 6.45) is 18.1. The number of hydrogen-bond donors (Lipinski definition) is 4. The lowest BCUT2D eigenvalue weighted by molar-refractivity contribution is -0.641. The summed E-state index contributed by atoms with van der Waals surface area (Å²) >= 11 is 0. The van der Waals surface area contributed by atoms with Gasteiger partial charge in [-0.1, -0.05) is 213 Å². The number of azo groups is 2. The summed E-state index contributed by atoms with van der Waals surface area (Å²) in [5.74, 6) is 3.03. The van der Waals surface area contributed by atoms with Gasteiger partial charge >= 0.3 is 21.2 Å². The number of nitrogens with zero attached hydrogens (tertiary/aromatic N) is 9.